The summed E-state index contributed by atoms with van der Waals surface area (Å²) in [5, 5.41) is 11.0. The predicted octanol–water partition coefficient (Wildman–Crippen LogP) is 3.55. The van der Waals surface area contributed by atoms with Crippen LogP contribution in [0.4, 0.5) is 11.4 Å². The highest BCUT2D eigenvalue weighted by atomic mass is 16.6. The van der Waals surface area contributed by atoms with E-state index in [9.17, 15) is 19.7 Å². The van der Waals surface area contributed by atoms with E-state index in [4.69, 9.17) is 0 Å². The van der Waals surface area contributed by atoms with E-state index in [1.54, 1.807) is 47.2 Å². The molecule has 2 amide bonds. The molecule has 0 radical (unpaired) electrons. The number of carbonyl (C=O) groups excluding carboxylic acids is 2. The van der Waals surface area contributed by atoms with E-state index in [1.165, 1.54) is 12.1 Å². The highest BCUT2D eigenvalue weighted by Gasteiger charge is 2.24. The zero-order valence-electron chi connectivity index (χ0n) is 15.3. The first-order chi connectivity index (χ1) is 12.9. The molecular formula is C20H21N3O4. The van der Waals surface area contributed by atoms with Gasteiger partial charge < -0.3 is 9.80 Å². The van der Waals surface area contributed by atoms with Crippen molar-refractivity contribution in [1.29, 1.82) is 0 Å². The maximum absolute atomic E-state index is 12.9. The Kier molecular flexibility index (Phi) is 5.21. The lowest BCUT2D eigenvalue weighted by molar-refractivity contribution is -0.384. The minimum absolute atomic E-state index is 0.00487. The number of amides is 2. The molecule has 1 atom stereocenters. The standard InChI is InChI=1S/C20H21N3O4/c1-14(15-6-3-9-18(12-15)23(26)27)21(2)20(25)16-7-4-8-17(13-16)22-11-5-10-19(22)24/h3-4,6-9,12-14H,5,10-11H2,1-2H3/t14-/m1/s1. The molecule has 0 N–H and O–H groups in total. The smallest absolute Gasteiger partial charge is 0.269 e. The van der Waals surface area contributed by atoms with Crippen molar-refractivity contribution in [3.63, 3.8) is 0 Å². The lowest BCUT2D eigenvalue weighted by Gasteiger charge is -2.26. The summed E-state index contributed by atoms with van der Waals surface area (Å²) >= 11 is 0. The van der Waals surface area contributed by atoms with Gasteiger partial charge in [-0.1, -0.05) is 18.2 Å². The molecule has 1 aliphatic rings. The minimum atomic E-state index is -0.450. The van der Waals surface area contributed by atoms with E-state index in [1.807, 2.05) is 13.0 Å². The van der Waals surface area contributed by atoms with Crippen molar-refractivity contribution in [2.45, 2.75) is 25.8 Å². The zero-order valence-corrected chi connectivity index (χ0v) is 15.3. The van der Waals surface area contributed by atoms with Gasteiger partial charge in [0.25, 0.3) is 11.6 Å². The van der Waals surface area contributed by atoms with E-state index in [-0.39, 0.29) is 23.5 Å². The average Bonchev–Trinajstić information content (AvgIpc) is 3.12. The summed E-state index contributed by atoms with van der Waals surface area (Å²) in [6, 6.07) is 13.0. The second-order valence-corrected chi connectivity index (χ2v) is 6.64. The fourth-order valence-electron chi connectivity index (χ4n) is 3.23. The van der Waals surface area contributed by atoms with Crippen LogP contribution in [0.1, 0.15) is 41.7 Å². The van der Waals surface area contributed by atoms with Gasteiger partial charge in [0.2, 0.25) is 5.91 Å². The molecule has 140 valence electrons. The van der Waals surface area contributed by atoms with Crippen molar-refractivity contribution in [1.82, 2.24) is 4.90 Å². The fourth-order valence-corrected chi connectivity index (χ4v) is 3.23. The molecule has 0 aliphatic carbocycles. The Bertz CT molecular complexity index is 896. The molecule has 1 aliphatic heterocycles. The van der Waals surface area contributed by atoms with E-state index in [0.717, 1.165) is 12.1 Å². The van der Waals surface area contributed by atoms with Gasteiger partial charge in [0.1, 0.15) is 0 Å². The van der Waals surface area contributed by atoms with Crippen molar-refractivity contribution in [3.8, 4) is 0 Å². The lowest BCUT2D eigenvalue weighted by Crippen LogP contribution is -2.30. The number of anilines is 1. The van der Waals surface area contributed by atoms with Crippen molar-refractivity contribution in [2.75, 3.05) is 18.5 Å². The molecule has 0 saturated carbocycles. The van der Waals surface area contributed by atoms with E-state index in [2.05, 4.69) is 0 Å². The predicted molar refractivity (Wildman–Crippen MR) is 102 cm³/mol. The van der Waals surface area contributed by atoms with Crippen molar-refractivity contribution in [3.05, 3.63) is 69.8 Å². The van der Waals surface area contributed by atoms with Crippen LogP contribution < -0.4 is 4.90 Å². The number of benzene rings is 2. The fraction of sp³-hybridized carbons (Fsp3) is 0.300. The topological polar surface area (TPSA) is 83.8 Å². The number of carbonyl (C=O) groups is 2. The first kappa shape index (κ1) is 18.6. The Morgan fingerprint density at radius 3 is 2.63 bits per heavy atom. The number of hydrogen-bond donors (Lipinski definition) is 0. The van der Waals surface area contributed by atoms with Gasteiger partial charge in [0, 0.05) is 43.4 Å². The van der Waals surface area contributed by atoms with Crippen molar-refractivity contribution < 1.29 is 14.5 Å². The highest BCUT2D eigenvalue weighted by molar-refractivity contribution is 5.99. The number of nitrogens with zero attached hydrogens (tertiary/aromatic N) is 3. The Morgan fingerprint density at radius 1 is 1.22 bits per heavy atom. The molecule has 27 heavy (non-hydrogen) atoms. The van der Waals surface area contributed by atoms with Crippen molar-refractivity contribution in [2.24, 2.45) is 0 Å². The van der Waals surface area contributed by atoms with Crippen LogP contribution in [0.15, 0.2) is 48.5 Å². The molecule has 2 aromatic carbocycles. The molecule has 0 aromatic heterocycles. The lowest BCUT2D eigenvalue weighted by atomic mass is 10.1. The van der Waals surface area contributed by atoms with Gasteiger partial charge in [-0.25, -0.2) is 0 Å². The summed E-state index contributed by atoms with van der Waals surface area (Å²) in [7, 11) is 1.67. The van der Waals surface area contributed by atoms with Gasteiger partial charge in [-0.15, -0.1) is 0 Å². The maximum atomic E-state index is 12.9. The third kappa shape index (κ3) is 3.81. The second-order valence-electron chi connectivity index (χ2n) is 6.64. The Morgan fingerprint density at radius 2 is 1.96 bits per heavy atom. The molecule has 2 aromatic rings. The average molecular weight is 367 g/mol. The van der Waals surface area contributed by atoms with E-state index in [0.29, 0.717) is 24.1 Å². The monoisotopic (exact) mass is 367 g/mol. The van der Waals surface area contributed by atoms with E-state index < -0.39 is 4.92 Å². The van der Waals surface area contributed by atoms with Gasteiger partial charge in [0.15, 0.2) is 0 Å². The van der Waals surface area contributed by atoms with Gasteiger partial charge in [-0.2, -0.15) is 0 Å². The summed E-state index contributed by atoms with van der Waals surface area (Å²) in [6.07, 6.45) is 1.35. The van der Waals surface area contributed by atoms with Crippen LogP contribution in [0, 0.1) is 10.1 Å². The first-order valence-corrected chi connectivity index (χ1v) is 8.80. The second kappa shape index (κ2) is 7.57. The van der Waals surface area contributed by atoms with Crippen LogP contribution in [0.3, 0.4) is 0 Å². The first-order valence-electron chi connectivity index (χ1n) is 8.80. The molecule has 7 heteroatoms. The number of nitro groups is 1. The van der Waals surface area contributed by atoms with Gasteiger partial charge >= 0.3 is 0 Å². The van der Waals surface area contributed by atoms with Crippen LogP contribution in [0.25, 0.3) is 0 Å². The normalized spacial score (nSPS) is 14.9. The quantitative estimate of drug-likeness (QED) is 0.597. The Labute approximate surface area is 157 Å². The third-order valence-electron chi connectivity index (χ3n) is 4.94. The summed E-state index contributed by atoms with van der Waals surface area (Å²) in [5.74, 6) is -0.139. The molecule has 1 fully saturated rings. The molecule has 0 unspecified atom stereocenters. The molecule has 7 nitrogen and oxygen atoms in total. The Hall–Kier alpha value is -3.22. The number of non-ortho nitro benzene ring substituents is 1. The van der Waals surface area contributed by atoms with Gasteiger partial charge in [-0.05, 0) is 37.1 Å². The summed E-state index contributed by atoms with van der Waals surface area (Å²) < 4.78 is 0. The van der Waals surface area contributed by atoms with Crippen LogP contribution in [-0.4, -0.2) is 35.2 Å². The van der Waals surface area contributed by atoms with Gasteiger partial charge in [0.05, 0.1) is 11.0 Å². The van der Waals surface area contributed by atoms with Crippen molar-refractivity contribution >= 4 is 23.2 Å². The summed E-state index contributed by atoms with van der Waals surface area (Å²) in [6.45, 7) is 2.49. The summed E-state index contributed by atoms with van der Waals surface area (Å²) in [4.78, 5) is 38.6. The SMILES string of the molecule is C[C@H](c1cccc([N+](=O)[O-])c1)N(C)C(=O)c1cccc(N2CCCC2=O)c1. The third-order valence-corrected chi connectivity index (χ3v) is 4.94. The highest BCUT2D eigenvalue weighted by Crippen LogP contribution is 2.26. The number of nitro benzene ring substituents is 1. The molecular weight excluding hydrogens is 346 g/mol. The molecule has 0 bridgehead atoms. The zero-order chi connectivity index (χ0) is 19.6. The van der Waals surface area contributed by atoms with Crippen LogP contribution in [-0.2, 0) is 4.79 Å². The molecule has 1 heterocycles. The molecule has 1 saturated heterocycles. The molecule has 0 spiro atoms. The maximum Gasteiger partial charge on any atom is 0.269 e. The number of rotatable bonds is 5. The van der Waals surface area contributed by atoms with Gasteiger partial charge in [-0.3, -0.25) is 19.7 Å². The van der Waals surface area contributed by atoms with Crippen LogP contribution >= 0.6 is 0 Å². The summed E-state index contributed by atoms with van der Waals surface area (Å²) in [5.41, 5.74) is 1.88. The van der Waals surface area contributed by atoms with Crippen LogP contribution in [0.2, 0.25) is 0 Å². The minimum Gasteiger partial charge on any atom is -0.335 e. The largest absolute Gasteiger partial charge is 0.335 e. The number of hydrogen-bond acceptors (Lipinski definition) is 4. The molecule has 3 rings (SSSR count). The Balaban J connectivity index is 1.82. The van der Waals surface area contributed by atoms with E-state index >= 15 is 0 Å². The van der Waals surface area contributed by atoms with Crippen LogP contribution in [0.5, 0.6) is 0 Å².